The highest BCUT2D eigenvalue weighted by Gasteiger charge is 2.53. The second-order valence-electron chi connectivity index (χ2n) is 7.34. The number of nitrogens with zero attached hydrogens (tertiary/aromatic N) is 1. The van der Waals surface area contributed by atoms with Gasteiger partial charge in [-0.05, 0) is 56.0 Å². The number of nitrogens with one attached hydrogen (secondary N) is 2. The highest BCUT2D eigenvalue weighted by atomic mass is 19.1. The van der Waals surface area contributed by atoms with Crippen molar-refractivity contribution in [3.63, 3.8) is 0 Å². The summed E-state index contributed by atoms with van der Waals surface area (Å²) in [5, 5.41) is 6.35. The van der Waals surface area contributed by atoms with Crippen molar-refractivity contribution < 1.29 is 13.9 Å². The Hall–Kier alpha value is -1.66. The Bertz CT molecular complexity index is 635. The van der Waals surface area contributed by atoms with Gasteiger partial charge in [0.15, 0.2) is 0 Å². The van der Waals surface area contributed by atoms with Gasteiger partial charge in [0.25, 0.3) is 0 Å². The first-order valence-electron chi connectivity index (χ1n) is 9.32. The molecule has 0 spiro atoms. The summed E-state index contributed by atoms with van der Waals surface area (Å²) >= 11 is 0. The summed E-state index contributed by atoms with van der Waals surface area (Å²) in [7, 11) is 0. The van der Waals surface area contributed by atoms with E-state index in [1.807, 2.05) is 11.0 Å². The van der Waals surface area contributed by atoms with Crippen LogP contribution in [0.25, 0.3) is 0 Å². The summed E-state index contributed by atoms with van der Waals surface area (Å²) < 4.78 is 19.9. The number of amides is 2. The number of carbonyl (C=O) groups excluding carboxylic acids is 1. The smallest absolute Gasteiger partial charge is 0.318 e. The molecular formula is C19H26FN3O2. The Morgan fingerprint density at radius 1 is 1.24 bits per heavy atom. The van der Waals surface area contributed by atoms with E-state index >= 15 is 0 Å². The zero-order chi connectivity index (χ0) is 17.3. The predicted molar refractivity (Wildman–Crippen MR) is 92.7 cm³/mol. The SMILES string of the molecule is O=C1NCCN1C1(c2cccc(F)c2)CCOCC1C1CCNCC1. The second-order valence-corrected chi connectivity index (χ2v) is 7.34. The first-order chi connectivity index (χ1) is 12.2. The van der Waals surface area contributed by atoms with Crippen molar-refractivity contribution in [3.05, 3.63) is 35.6 Å². The molecule has 3 fully saturated rings. The van der Waals surface area contributed by atoms with Gasteiger partial charge in [-0.25, -0.2) is 9.18 Å². The highest BCUT2D eigenvalue weighted by Crippen LogP contribution is 2.48. The van der Waals surface area contributed by atoms with Gasteiger partial charge >= 0.3 is 6.03 Å². The topological polar surface area (TPSA) is 53.6 Å². The number of rotatable bonds is 3. The molecule has 2 amide bonds. The van der Waals surface area contributed by atoms with Gasteiger partial charge in [0.2, 0.25) is 0 Å². The van der Waals surface area contributed by atoms with Crippen LogP contribution in [0.15, 0.2) is 24.3 Å². The van der Waals surface area contributed by atoms with Gasteiger partial charge in [-0.3, -0.25) is 0 Å². The van der Waals surface area contributed by atoms with Gasteiger partial charge in [0.05, 0.1) is 12.1 Å². The Balaban J connectivity index is 1.80. The average molecular weight is 347 g/mol. The lowest BCUT2D eigenvalue weighted by molar-refractivity contribution is -0.0850. The number of ether oxygens (including phenoxy) is 1. The molecule has 3 aliphatic rings. The molecule has 0 radical (unpaired) electrons. The lowest BCUT2D eigenvalue weighted by Gasteiger charge is -2.52. The number of piperidine rings is 1. The zero-order valence-electron chi connectivity index (χ0n) is 14.5. The molecule has 5 nitrogen and oxygen atoms in total. The van der Waals surface area contributed by atoms with Crippen molar-refractivity contribution in [1.82, 2.24) is 15.5 Å². The minimum atomic E-state index is -0.483. The van der Waals surface area contributed by atoms with Crippen LogP contribution in [-0.4, -0.2) is 50.3 Å². The first-order valence-corrected chi connectivity index (χ1v) is 9.32. The molecule has 4 rings (SSSR count). The maximum atomic E-state index is 14.1. The van der Waals surface area contributed by atoms with E-state index in [0.717, 1.165) is 37.9 Å². The molecule has 0 aromatic heterocycles. The van der Waals surface area contributed by atoms with Gasteiger partial charge in [-0.2, -0.15) is 0 Å². The third-order valence-corrected chi connectivity index (χ3v) is 6.15. The van der Waals surface area contributed by atoms with Crippen LogP contribution in [0.4, 0.5) is 9.18 Å². The third-order valence-electron chi connectivity index (χ3n) is 6.15. The van der Waals surface area contributed by atoms with E-state index in [1.165, 1.54) is 6.07 Å². The summed E-state index contributed by atoms with van der Waals surface area (Å²) in [5.41, 5.74) is 0.430. The van der Waals surface area contributed by atoms with Gasteiger partial charge < -0.3 is 20.3 Å². The monoisotopic (exact) mass is 347 g/mol. The van der Waals surface area contributed by atoms with Crippen LogP contribution in [0.5, 0.6) is 0 Å². The van der Waals surface area contributed by atoms with Crippen LogP contribution >= 0.6 is 0 Å². The standard InChI is InChI=1S/C19H26FN3O2/c20-16-3-1-2-15(12-16)19(23-10-9-22-18(23)24)6-11-25-13-17(19)14-4-7-21-8-5-14/h1-3,12,14,17,21H,4-11,13H2,(H,22,24). The van der Waals surface area contributed by atoms with E-state index in [2.05, 4.69) is 10.6 Å². The molecule has 3 saturated heterocycles. The van der Waals surface area contributed by atoms with Crippen molar-refractivity contribution in [1.29, 1.82) is 0 Å². The van der Waals surface area contributed by atoms with E-state index < -0.39 is 5.54 Å². The lowest BCUT2D eigenvalue weighted by Crippen LogP contribution is -2.59. The summed E-state index contributed by atoms with van der Waals surface area (Å²) in [6.07, 6.45) is 2.86. The van der Waals surface area contributed by atoms with Crippen LogP contribution in [-0.2, 0) is 10.3 Å². The van der Waals surface area contributed by atoms with Crippen molar-refractivity contribution >= 4 is 6.03 Å². The van der Waals surface area contributed by atoms with Gasteiger partial charge in [-0.15, -0.1) is 0 Å². The molecule has 25 heavy (non-hydrogen) atoms. The maximum Gasteiger partial charge on any atom is 0.318 e. The molecule has 136 valence electrons. The predicted octanol–water partition coefficient (Wildman–Crippen LogP) is 2.08. The fourth-order valence-electron chi connectivity index (χ4n) is 4.99. The highest BCUT2D eigenvalue weighted by molar-refractivity contribution is 5.77. The number of carbonyl (C=O) groups is 1. The maximum absolute atomic E-state index is 14.1. The molecular weight excluding hydrogens is 321 g/mol. The number of hydrogen-bond donors (Lipinski definition) is 2. The van der Waals surface area contributed by atoms with Gasteiger partial charge in [0, 0.05) is 25.6 Å². The molecule has 2 unspecified atom stereocenters. The van der Waals surface area contributed by atoms with E-state index in [-0.39, 0.29) is 17.8 Å². The minimum absolute atomic E-state index is 0.0369. The van der Waals surface area contributed by atoms with Crippen molar-refractivity contribution in [3.8, 4) is 0 Å². The summed E-state index contributed by atoms with van der Waals surface area (Å²) in [4.78, 5) is 14.6. The van der Waals surface area contributed by atoms with Crippen molar-refractivity contribution in [2.75, 3.05) is 39.4 Å². The molecule has 3 heterocycles. The number of benzene rings is 1. The van der Waals surface area contributed by atoms with E-state index in [1.54, 1.807) is 12.1 Å². The second kappa shape index (κ2) is 6.92. The summed E-state index contributed by atoms with van der Waals surface area (Å²) in [5.74, 6) is 0.416. The van der Waals surface area contributed by atoms with Crippen LogP contribution < -0.4 is 10.6 Å². The molecule has 1 aromatic rings. The number of urea groups is 1. The fourth-order valence-corrected chi connectivity index (χ4v) is 4.99. The normalized spacial score (nSPS) is 31.2. The van der Waals surface area contributed by atoms with Crippen molar-refractivity contribution in [2.45, 2.75) is 24.8 Å². The van der Waals surface area contributed by atoms with E-state index in [0.29, 0.717) is 32.2 Å². The van der Waals surface area contributed by atoms with Gasteiger partial charge in [-0.1, -0.05) is 12.1 Å². The van der Waals surface area contributed by atoms with Crippen LogP contribution in [0.3, 0.4) is 0 Å². The molecule has 2 atom stereocenters. The largest absolute Gasteiger partial charge is 0.381 e. The Labute approximate surface area is 147 Å². The Kier molecular flexibility index (Phi) is 4.65. The molecule has 1 aromatic carbocycles. The Morgan fingerprint density at radius 3 is 2.80 bits per heavy atom. The van der Waals surface area contributed by atoms with Crippen LogP contribution in [0, 0.1) is 17.7 Å². The first kappa shape index (κ1) is 16.8. The van der Waals surface area contributed by atoms with E-state index in [9.17, 15) is 9.18 Å². The molecule has 0 aliphatic carbocycles. The quantitative estimate of drug-likeness (QED) is 0.880. The number of hydrogen-bond acceptors (Lipinski definition) is 3. The minimum Gasteiger partial charge on any atom is -0.381 e. The zero-order valence-corrected chi connectivity index (χ0v) is 14.5. The van der Waals surface area contributed by atoms with Crippen molar-refractivity contribution in [2.24, 2.45) is 11.8 Å². The molecule has 6 heteroatoms. The third kappa shape index (κ3) is 2.91. The molecule has 3 aliphatic heterocycles. The average Bonchev–Trinajstić information content (AvgIpc) is 3.09. The van der Waals surface area contributed by atoms with Crippen LogP contribution in [0.1, 0.15) is 24.8 Å². The summed E-state index contributed by atoms with van der Waals surface area (Å²) in [6, 6.07) is 6.79. The number of halogens is 1. The molecule has 0 saturated carbocycles. The Morgan fingerprint density at radius 2 is 2.08 bits per heavy atom. The van der Waals surface area contributed by atoms with Crippen LogP contribution in [0.2, 0.25) is 0 Å². The van der Waals surface area contributed by atoms with Gasteiger partial charge in [0.1, 0.15) is 5.82 Å². The summed E-state index contributed by atoms with van der Waals surface area (Å²) in [6.45, 7) is 4.53. The van der Waals surface area contributed by atoms with E-state index in [4.69, 9.17) is 4.74 Å². The molecule has 0 bridgehead atoms. The fraction of sp³-hybridized carbons (Fsp3) is 0.632. The lowest BCUT2D eigenvalue weighted by atomic mass is 9.66. The molecule has 2 N–H and O–H groups in total.